The molecule has 2 N–H and O–H groups in total. The first-order chi connectivity index (χ1) is 15.3. The van der Waals surface area contributed by atoms with Crippen LogP contribution in [0, 0.1) is 24.1 Å². The average molecular weight is 455 g/mol. The van der Waals surface area contributed by atoms with Crippen molar-refractivity contribution >= 4 is 44.6 Å². The summed E-state index contributed by atoms with van der Waals surface area (Å²) in [7, 11) is -1.36. The number of halogens is 1. The summed E-state index contributed by atoms with van der Waals surface area (Å²) in [5.41, 5.74) is 2.29. The summed E-state index contributed by atoms with van der Waals surface area (Å²) in [5.74, 6) is -0.510. The highest BCUT2D eigenvalue weighted by molar-refractivity contribution is 7.74. The summed E-state index contributed by atoms with van der Waals surface area (Å²) in [6, 6.07) is 9.14. The molecule has 0 spiro atoms. The second kappa shape index (κ2) is 10.0. The SMILES string of the molecule is Cc1cc(N=[S-](C)=O)cc2ncnc(Nc3ccc(F)cc3O[C@H](C)C(=O)NCC#N)c12. The van der Waals surface area contributed by atoms with Crippen LogP contribution < -0.4 is 15.4 Å². The summed E-state index contributed by atoms with van der Waals surface area (Å²) in [6.07, 6.45) is 1.87. The van der Waals surface area contributed by atoms with Gasteiger partial charge in [-0.25, -0.2) is 14.4 Å². The second-order valence-corrected chi connectivity index (χ2v) is 7.83. The number of fused-ring (bicyclic) bond motifs is 1. The van der Waals surface area contributed by atoms with Crippen molar-refractivity contribution < 1.29 is 18.1 Å². The Morgan fingerprint density at radius 2 is 2.12 bits per heavy atom. The number of hydrogen-bond acceptors (Lipinski definition) is 9. The third kappa shape index (κ3) is 5.47. The van der Waals surface area contributed by atoms with Gasteiger partial charge in [-0.2, -0.15) is 15.9 Å². The van der Waals surface area contributed by atoms with E-state index in [0.29, 0.717) is 28.1 Å². The first kappa shape index (κ1) is 22.9. The van der Waals surface area contributed by atoms with E-state index in [1.165, 1.54) is 31.6 Å². The van der Waals surface area contributed by atoms with Gasteiger partial charge in [0.05, 0.1) is 17.3 Å². The Morgan fingerprint density at radius 1 is 1.34 bits per heavy atom. The minimum Gasteiger partial charge on any atom is -0.479 e. The van der Waals surface area contributed by atoms with Gasteiger partial charge in [0.15, 0.2) is 6.10 Å². The van der Waals surface area contributed by atoms with Gasteiger partial charge >= 0.3 is 0 Å². The first-order valence-corrected chi connectivity index (χ1v) is 11.0. The van der Waals surface area contributed by atoms with Crippen LogP contribution in [0.1, 0.15) is 12.5 Å². The number of hydrogen-bond donors (Lipinski definition) is 2. The molecule has 0 bridgehead atoms. The van der Waals surface area contributed by atoms with E-state index in [4.69, 9.17) is 10.00 Å². The Kier molecular flexibility index (Phi) is 7.17. The molecule has 1 atom stereocenters. The lowest BCUT2D eigenvalue weighted by Crippen LogP contribution is -2.36. The zero-order valence-corrected chi connectivity index (χ0v) is 18.4. The molecular weight excluding hydrogens is 435 g/mol. The Balaban J connectivity index is 1.97. The summed E-state index contributed by atoms with van der Waals surface area (Å²) in [6.45, 7) is 3.18. The molecule has 3 aromatic rings. The van der Waals surface area contributed by atoms with Crippen molar-refractivity contribution in [1.29, 1.82) is 5.26 Å². The van der Waals surface area contributed by atoms with Crippen molar-refractivity contribution in [3.8, 4) is 11.8 Å². The molecule has 1 aromatic heterocycles. The van der Waals surface area contributed by atoms with Gasteiger partial charge in [-0.1, -0.05) is 0 Å². The highest BCUT2D eigenvalue weighted by Gasteiger charge is 2.18. The van der Waals surface area contributed by atoms with Crippen LogP contribution in [-0.2, 0) is 19.6 Å². The van der Waals surface area contributed by atoms with Gasteiger partial charge in [0.25, 0.3) is 5.91 Å². The molecule has 0 radical (unpaired) electrons. The minimum absolute atomic E-state index is 0.0991. The number of rotatable bonds is 7. The van der Waals surface area contributed by atoms with Gasteiger partial charge in [-0.05, 0) is 43.7 Å². The number of carbonyl (C=O) groups is 1. The van der Waals surface area contributed by atoms with Crippen molar-refractivity contribution in [2.45, 2.75) is 20.0 Å². The standard InChI is InChI=1S/C21H20FN6O3S/c1-12-8-15(28-32(3)30)10-17-19(12)20(26-11-25-17)27-16-5-4-14(22)9-18(16)31-13(2)21(29)24-7-6-23/h4-5,8-11,13H,7H2,1-3H3,(H,24,29)(H,25,26,27)/q-1/t13-/m1/s1. The fourth-order valence-corrected chi connectivity index (χ4v) is 3.41. The number of ether oxygens (including phenoxy) is 1. The van der Waals surface area contributed by atoms with Crippen LogP contribution in [0.25, 0.3) is 10.9 Å². The van der Waals surface area contributed by atoms with E-state index in [1.807, 2.05) is 13.0 Å². The van der Waals surface area contributed by atoms with Crippen LogP contribution in [0.5, 0.6) is 5.75 Å². The third-order valence-electron chi connectivity index (χ3n) is 4.37. The fraction of sp³-hybridized carbons (Fsp3) is 0.238. The molecule has 2 aromatic carbocycles. The maximum Gasteiger partial charge on any atom is 0.261 e. The largest absolute Gasteiger partial charge is 0.479 e. The molecular formula is C21H20FN6O3S-. The molecule has 0 saturated heterocycles. The van der Waals surface area contributed by atoms with Crippen molar-refractivity contribution in [3.05, 3.63) is 48.0 Å². The average Bonchev–Trinajstić information content (AvgIpc) is 2.73. The zero-order valence-electron chi connectivity index (χ0n) is 17.5. The molecule has 0 fully saturated rings. The third-order valence-corrected chi connectivity index (χ3v) is 4.83. The molecule has 0 saturated carbocycles. The van der Waals surface area contributed by atoms with Gasteiger partial charge in [0.2, 0.25) is 0 Å². The van der Waals surface area contributed by atoms with Gasteiger partial charge in [0, 0.05) is 17.1 Å². The number of nitrogens with zero attached hydrogens (tertiary/aromatic N) is 4. The Bertz CT molecular complexity index is 1300. The quantitative estimate of drug-likeness (QED) is 0.411. The summed E-state index contributed by atoms with van der Waals surface area (Å²) in [4.78, 5) is 20.6. The van der Waals surface area contributed by atoms with Crippen LogP contribution >= 0.6 is 0 Å². The van der Waals surface area contributed by atoms with E-state index in [9.17, 15) is 13.4 Å². The number of aromatic nitrogens is 2. The van der Waals surface area contributed by atoms with Crippen LogP contribution in [0.2, 0.25) is 0 Å². The molecule has 1 heterocycles. The van der Waals surface area contributed by atoms with E-state index in [-0.39, 0.29) is 12.3 Å². The number of amides is 1. The Labute approximate surface area is 185 Å². The summed E-state index contributed by atoms with van der Waals surface area (Å²) >= 11 is 0. The van der Waals surface area contributed by atoms with Gasteiger partial charge in [-0.15, -0.1) is 6.26 Å². The van der Waals surface area contributed by atoms with Crippen LogP contribution in [0.3, 0.4) is 0 Å². The number of nitrogens with one attached hydrogen (secondary N) is 2. The lowest BCUT2D eigenvalue weighted by molar-refractivity contribution is -0.126. The fourth-order valence-electron chi connectivity index (χ4n) is 3.01. The number of anilines is 2. The summed E-state index contributed by atoms with van der Waals surface area (Å²) < 4.78 is 35.0. The van der Waals surface area contributed by atoms with E-state index < -0.39 is 28.4 Å². The van der Waals surface area contributed by atoms with E-state index in [0.717, 1.165) is 11.6 Å². The van der Waals surface area contributed by atoms with Gasteiger partial charge < -0.3 is 23.9 Å². The Morgan fingerprint density at radius 3 is 2.84 bits per heavy atom. The molecule has 11 heteroatoms. The number of carbonyl (C=O) groups excluding carboxylic acids is 1. The normalized spacial score (nSPS) is 12.7. The number of nitriles is 1. The van der Waals surface area contributed by atoms with Crippen molar-refractivity contribution in [1.82, 2.24) is 15.3 Å². The Hall–Kier alpha value is -3.78. The first-order valence-electron chi connectivity index (χ1n) is 9.47. The lowest BCUT2D eigenvalue weighted by Gasteiger charge is -2.18. The maximum atomic E-state index is 13.9. The zero-order chi connectivity index (χ0) is 23.3. The van der Waals surface area contributed by atoms with Crippen molar-refractivity contribution in [3.63, 3.8) is 0 Å². The maximum absolute atomic E-state index is 13.9. The molecule has 0 unspecified atom stereocenters. The molecule has 0 aliphatic heterocycles. The van der Waals surface area contributed by atoms with Crippen molar-refractivity contribution in [2.24, 2.45) is 4.36 Å². The highest BCUT2D eigenvalue weighted by atomic mass is 32.2. The van der Waals surface area contributed by atoms with E-state index >= 15 is 0 Å². The van der Waals surface area contributed by atoms with Gasteiger partial charge in [0.1, 0.15) is 30.3 Å². The molecule has 0 aliphatic carbocycles. The molecule has 1 amide bonds. The molecule has 0 aliphatic rings. The molecule has 32 heavy (non-hydrogen) atoms. The van der Waals surface area contributed by atoms with Crippen LogP contribution in [-0.4, -0.2) is 34.8 Å². The summed E-state index contributed by atoms with van der Waals surface area (Å²) in [5, 5.41) is 14.8. The van der Waals surface area contributed by atoms with Gasteiger partial charge in [-0.3, -0.25) is 4.79 Å². The van der Waals surface area contributed by atoms with E-state index in [1.54, 1.807) is 12.1 Å². The van der Waals surface area contributed by atoms with Crippen molar-refractivity contribution in [2.75, 3.05) is 18.1 Å². The topological polar surface area (TPSA) is 129 Å². The van der Waals surface area contributed by atoms with Crippen LogP contribution in [0.4, 0.5) is 21.6 Å². The lowest BCUT2D eigenvalue weighted by atomic mass is 10.1. The molecule has 3 rings (SSSR count). The monoisotopic (exact) mass is 455 g/mol. The smallest absolute Gasteiger partial charge is 0.261 e. The van der Waals surface area contributed by atoms with E-state index in [2.05, 4.69) is 25.0 Å². The second-order valence-electron chi connectivity index (χ2n) is 6.80. The molecule has 9 nitrogen and oxygen atoms in total. The predicted molar refractivity (Wildman–Crippen MR) is 119 cm³/mol. The van der Waals surface area contributed by atoms with Crippen LogP contribution in [0.15, 0.2) is 41.0 Å². The number of aryl methyl sites for hydroxylation is 1. The predicted octanol–water partition coefficient (Wildman–Crippen LogP) is 3.64. The molecule has 166 valence electrons. The minimum atomic E-state index is -1.36. The number of benzene rings is 2. The highest BCUT2D eigenvalue weighted by Crippen LogP contribution is 2.33.